The summed E-state index contributed by atoms with van der Waals surface area (Å²) in [6.45, 7) is 6.26. The van der Waals surface area contributed by atoms with E-state index in [2.05, 4.69) is 26.6 Å². The van der Waals surface area contributed by atoms with Crippen molar-refractivity contribution in [2.24, 2.45) is 0 Å². The predicted molar refractivity (Wildman–Crippen MR) is 86.8 cm³/mol. The van der Waals surface area contributed by atoms with Crippen LogP contribution >= 0.6 is 15.9 Å². The zero-order chi connectivity index (χ0) is 16.0. The normalized spacial score (nSPS) is 12.1. The van der Waals surface area contributed by atoms with Gasteiger partial charge in [-0.3, -0.25) is 4.79 Å². The van der Waals surface area contributed by atoms with Crippen molar-refractivity contribution in [3.8, 4) is 11.5 Å². The molecule has 21 heavy (non-hydrogen) atoms. The van der Waals surface area contributed by atoms with Crippen molar-refractivity contribution in [1.82, 2.24) is 10.6 Å². The summed E-state index contributed by atoms with van der Waals surface area (Å²) in [4.78, 5) is 11.9. The molecule has 2 N–H and O–H groups in total. The average Bonchev–Trinajstić information content (AvgIpc) is 2.40. The fraction of sp³-hybridized carbons (Fsp3) is 0.533. The number of amides is 1. The number of carbonyl (C=O) groups is 1. The number of halogens is 1. The van der Waals surface area contributed by atoms with Crippen LogP contribution < -0.4 is 20.1 Å². The molecule has 0 radical (unpaired) electrons. The van der Waals surface area contributed by atoms with Crippen molar-refractivity contribution in [1.29, 1.82) is 0 Å². The molecule has 1 aromatic carbocycles. The number of benzene rings is 1. The van der Waals surface area contributed by atoms with Crippen LogP contribution in [-0.2, 0) is 11.3 Å². The Labute approximate surface area is 134 Å². The molecule has 1 unspecified atom stereocenters. The molecule has 0 spiro atoms. The smallest absolute Gasteiger partial charge is 0.260 e. The lowest BCUT2D eigenvalue weighted by Crippen LogP contribution is -2.40. The number of nitrogens with one attached hydrogen (secondary N) is 2. The van der Waals surface area contributed by atoms with Gasteiger partial charge in [0, 0.05) is 12.6 Å². The Bertz CT molecular complexity index is 492. The third-order valence-electron chi connectivity index (χ3n) is 2.76. The maximum Gasteiger partial charge on any atom is 0.260 e. The van der Waals surface area contributed by atoms with Gasteiger partial charge in [-0.2, -0.15) is 0 Å². The Kier molecular flexibility index (Phi) is 6.98. The van der Waals surface area contributed by atoms with E-state index >= 15 is 0 Å². The molecule has 0 aliphatic heterocycles. The first-order chi connectivity index (χ1) is 9.88. The SMILES string of the molecule is CNCc1cc(Br)c(OC(C)C(=O)NC(C)C)c(OC)c1. The van der Waals surface area contributed by atoms with Gasteiger partial charge >= 0.3 is 0 Å². The first kappa shape index (κ1) is 17.8. The van der Waals surface area contributed by atoms with Gasteiger partial charge in [0.1, 0.15) is 0 Å². The summed E-state index contributed by atoms with van der Waals surface area (Å²) in [5, 5.41) is 5.90. The maximum absolute atomic E-state index is 11.9. The minimum absolute atomic E-state index is 0.0758. The summed E-state index contributed by atoms with van der Waals surface area (Å²) in [5.74, 6) is 0.973. The van der Waals surface area contributed by atoms with Crippen LogP contribution in [-0.4, -0.2) is 32.2 Å². The Morgan fingerprint density at radius 2 is 2.00 bits per heavy atom. The van der Waals surface area contributed by atoms with Gasteiger partial charge in [0.25, 0.3) is 5.91 Å². The van der Waals surface area contributed by atoms with E-state index in [-0.39, 0.29) is 11.9 Å². The standard InChI is InChI=1S/C15H23BrN2O3/c1-9(2)18-15(19)10(3)21-14-12(16)6-11(8-17-4)7-13(14)20-5/h6-7,9-10,17H,8H2,1-5H3,(H,18,19). The van der Waals surface area contributed by atoms with Crippen molar-refractivity contribution in [2.45, 2.75) is 39.5 Å². The molecule has 0 saturated heterocycles. The second kappa shape index (κ2) is 8.24. The van der Waals surface area contributed by atoms with E-state index in [1.807, 2.05) is 33.0 Å². The molecule has 118 valence electrons. The maximum atomic E-state index is 11.9. The number of hydrogen-bond acceptors (Lipinski definition) is 4. The van der Waals surface area contributed by atoms with Crippen LogP contribution in [0, 0.1) is 0 Å². The van der Waals surface area contributed by atoms with Crippen LogP contribution in [0.2, 0.25) is 0 Å². The van der Waals surface area contributed by atoms with Gasteiger partial charge in [-0.1, -0.05) is 0 Å². The van der Waals surface area contributed by atoms with E-state index in [9.17, 15) is 4.79 Å². The van der Waals surface area contributed by atoms with Crippen LogP contribution in [0.15, 0.2) is 16.6 Å². The van der Waals surface area contributed by atoms with E-state index in [1.54, 1.807) is 14.0 Å². The molecule has 1 amide bonds. The summed E-state index contributed by atoms with van der Waals surface area (Å²) < 4.78 is 11.9. The summed E-state index contributed by atoms with van der Waals surface area (Å²) >= 11 is 3.47. The second-order valence-corrected chi connectivity index (χ2v) is 5.92. The molecule has 1 rings (SSSR count). The predicted octanol–water partition coefficient (Wildman–Crippen LogP) is 2.47. The van der Waals surface area contributed by atoms with Crippen molar-refractivity contribution in [3.63, 3.8) is 0 Å². The van der Waals surface area contributed by atoms with Crippen molar-refractivity contribution in [2.75, 3.05) is 14.2 Å². The Hall–Kier alpha value is -1.27. The van der Waals surface area contributed by atoms with Gasteiger partial charge in [-0.15, -0.1) is 0 Å². The van der Waals surface area contributed by atoms with Crippen molar-refractivity contribution < 1.29 is 14.3 Å². The van der Waals surface area contributed by atoms with Gasteiger partial charge in [0.15, 0.2) is 17.6 Å². The fourth-order valence-electron chi connectivity index (χ4n) is 1.83. The van der Waals surface area contributed by atoms with Gasteiger partial charge in [-0.05, 0) is 61.4 Å². The molecule has 0 saturated carbocycles. The minimum Gasteiger partial charge on any atom is -0.493 e. The van der Waals surface area contributed by atoms with Crippen molar-refractivity contribution >= 4 is 21.8 Å². The van der Waals surface area contributed by atoms with Crippen LogP contribution in [0.3, 0.4) is 0 Å². The number of methoxy groups -OCH3 is 1. The molecule has 1 atom stereocenters. The summed E-state index contributed by atoms with van der Waals surface area (Å²) in [7, 11) is 3.46. The van der Waals surface area contributed by atoms with Crippen LogP contribution in [0.25, 0.3) is 0 Å². The molecule has 5 nitrogen and oxygen atoms in total. The van der Waals surface area contributed by atoms with Gasteiger partial charge in [-0.25, -0.2) is 0 Å². The molecule has 0 fully saturated rings. The lowest BCUT2D eigenvalue weighted by atomic mass is 10.2. The van der Waals surface area contributed by atoms with Gasteiger partial charge in [0.05, 0.1) is 11.6 Å². The highest BCUT2D eigenvalue weighted by atomic mass is 79.9. The molecule has 0 aromatic heterocycles. The molecule has 0 aliphatic rings. The Morgan fingerprint density at radius 3 is 2.52 bits per heavy atom. The topological polar surface area (TPSA) is 59.6 Å². The van der Waals surface area contributed by atoms with Crippen LogP contribution in [0.4, 0.5) is 0 Å². The third kappa shape index (κ3) is 5.21. The zero-order valence-corrected chi connectivity index (χ0v) is 14.7. The number of hydrogen-bond donors (Lipinski definition) is 2. The molecule has 6 heteroatoms. The summed E-state index contributed by atoms with van der Waals surface area (Å²) in [6.07, 6.45) is -0.604. The lowest BCUT2D eigenvalue weighted by molar-refractivity contribution is -0.127. The first-order valence-electron chi connectivity index (χ1n) is 6.87. The molecule has 0 aliphatic carbocycles. The second-order valence-electron chi connectivity index (χ2n) is 5.06. The molecule has 0 heterocycles. The van der Waals surface area contributed by atoms with Crippen LogP contribution in [0.5, 0.6) is 11.5 Å². The van der Waals surface area contributed by atoms with E-state index < -0.39 is 6.10 Å². The highest BCUT2D eigenvalue weighted by Crippen LogP contribution is 2.37. The van der Waals surface area contributed by atoms with Gasteiger partial charge in [0.2, 0.25) is 0 Å². The van der Waals surface area contributed by atoms with E-state index in [1.165, 1.54) is 0 Å². The quantitative estimate of drug-likeness (QED) is 0.785. The average molecular weight is 359 g/mol. The Balaban J connectivity index is 2.94. The third-order valence-corrected chi connectivity index (χ3v) is 3.35. The molecular weight excluding hydrogens is 336 g/mol. The fourth-order valence-corrected chi connectivity index (χ4v) is 2.41. The highest BCUT2D eigenvalue weighted by Gasteiger charge is 2.20. The molecule has 0 bridgehead atoms. The number of carbonyl (C=O) groups excluding carboxylic acids is 1. The van der Waals surface area contributed by atoms with Crippen LogP contribution in [0.1, 0.15) is 26.3 Å². The van der Waals surface area contributed by atoms with Gasteiger partial charge < -0.3 is 20.1 Å². The zero-order valence-electron chi connectivity index (χ0n) is 13.1. The van der Waals surface area contributed by atoms with E-state index in [4.69, 9.17) is 9.47 Å². The summed E-state index contributed by atoms with van der Waals surface area (Å²) in [5.41, 5.74) is 1.06. The minimum atomic E-state index is -0.604. The summed E-state index contributed by atoms with van der Waals surface area (Å²) in [6, 6.07) is 3.91. The lowest BCUT2D eigenvalue weighted by Gasteiger charge is -2.19. The largest absolute Gasteiger partial charge is 0.493 e. The number of ether oxygens (including phenoxy) is 2. The Morgan fingerprint density at radius 1 is 1.33 bits per heavy atom. The van der Waals surface area contributed by atoms with Crippen molar-refractivity contribution in [3.05, 3.63) is 22.2 Å². The molecular formula is C15H23BrN2O3. The highest BCUT2D eigenvalue weighted by molar-refractivity contribution is 9.10. The monoisotopic (exact) mass is 358 g/mol. The first-order valence-corrected chi connectivity index (χ1v) is 7.66. The van der Waals surface area contributed by atoms with E-state index in [0.717, 1.165) is 16.6 Å². The number of rotatable bonds is 7. The van der Waals surface area contributed by atoms with E-state index in [0.29, 0.717) is 11.5 Å². The molecule has 1 aromatic rings.